The van der Waals surface area contributed by atoms with Crippen LogP contribution < -0.4 is 5.32 Å². The number of amides is 1. The van der Waals surface area contributed by atoms with Crippen molar-refractivity contribution in [3.63, 3.8) is 0 Å². The summed E-state index contributed by atoms with van der Waals surface area (Å²) in [5.74, 6) is 1.67. The van der Waals surface area contributed by atoms with Gasteiger partial charge < -0.3 is 9.73 Å². The van der Waals surface area contributed by atoms with Gasteiger partial charge in [0.2, 0.25) is 0 Å². The maximum atomic E-state index is 11.5. The number of furan rings is 1. The van der Waals surface area contributed by atoms with E-state index in [1.807, 2.05) is 6.08 Å². The van der Waals surface area contributed by atoms with E-state index in [0.29, 0.717) is 16.8 Å². The number of rotatable bonds is 6. The molecule has 15 heavy (non-hydrogen) atoms. The molecule has 1 heterocycles. The van der Waals surface area contributed by atoms with Crippen LogP contribution in [0.2, 0.25) is 0 Å². The first kappa shape index (κ1) is 12.4. The van der Waals surface area contributed by atoms with E-state index in [1.165, 1.54) is 6.26 Å². The summed E-state index contributed by atoms with van der Waals surface area (Å²) in [6.45, 7) is 4.27. The fraction of sp³-hybridized carbons (Fsp3) is 0.300. The summed E-state index contributed by atoms with van der Waals surface area (Å²) >= 11 is 4.88. The largest absolute Gasteiger partial charge is 0.457 e. The molecule has 0 saturated carbocycles. The predicted octanol–water partition coefficient (Wildman–Crippen LogP) is 2.69. The summed E-state index contributed by atoms with van der Waals surface area (Å²) in [6, 6.07) is 1.64. The lowest BCUT2D eigenvalue weighted by molar-refractivity contribution is 0.0954. The molecule has 1 aromatic rings. The van der Waals surface area contributed by atoms with Gasteiger partial charge in [-0.05, 0) is 22.0 Å². The third kappa shape index (κ3) is 4.13. The Kier molecular flexibility index (Phi) is 5.57. The van der Waals surface area contributed by atoms with Gasteiger partial charge in [0.25, 0.3) is 5.91 Å². The smallest absolute Gasteiger partial charge is 0.255 e. The molecule has 0 fully saturated rings. The lowest BCUT2D eigenvalue weighted by atomic mass is 10.3. The normalized spacial score (nSPS) is 9.93. The fourth-order valence-electron chi connectivity index (χ4n) is 0.954. The zero-order valence-corrected chi connectivity index (χ0v) is 10.6. The summed E-state index contributed by atoms with van der Waals surface area (Å²) in [5, 5.41) is 2.80. The number of hydrogen-bond donors (Lipinski definition) is 1. The molecule has 5 heteroatoms. The summed E-state index contributed by atoms with van der Waals surface area (Å²) in [5.41, 5.74) is 0.531. The Morgan fingerprint density at radius 2 is 2.53 bits per heavy atom. The Balaban J connectivity index is 2.25. The van der Waals surface area contributed by atoms with Crippen molar-refractivity contribution >= 4 is 33.6 Å². The zero-order valence-electron chi connectivity index (χ0n) is 8.16. The van der Waals surface area contributed by atoms with E-state index in [1.54, 1.807) is 17.8 Å². The van der Waals surface area contributed by atoms with E-state index in [9.17, 15) is 4.79 Å². The van der Waals surface area contributed by atoms with Crippen LogP contribution in [-0.4, -0.2) is 24.0 Å². The average molecular weight is 290 g/mol. The minimum atomic E-state index is -0.116. The Hall–Kier alpha value is -0.680. The summed E-state index contributed by atoms with van der Waals surface area (Å²) in [6.07, 6.45) is 3.32. The molecule has 0 atom stereocenters. The topological polar surface area (TPSA) is 42.2 Å². The standard InChI is InChI=1S/C10H12BrNO2S/c1-2-6-15-7-4-12-10(13)8-3-5-14-9(8)11/h2-3,5H,1,4,6-7H2,(H,12,13). The molecule has 0 radical (unpaired) electrons. The average Bonchev–Trinajstić information content (AvgIpc) is 2.64. The van der Waals surface area contributed by atoms with Gasteiger partial charge in [0.15, 0.2) is 4.67 Å². The van der Waals surface area contributed by atoms with Crippen molar-refractivity contribution in [1.82, 2.24) is 5.32 Å². The number of nitrogens with one attached hydrogen (secondary N) is 1. The molecule has 1 aromatic heterocycles. The summed E-state index contributed by atoms with van der Waals surface area (Å²) in [7, 11) is 0. The minimum Gasteiger partial charge on any atom is -0.457 e. The molecular weight excluding hydrogens is 278 g/mol. The van der Waals surface area contributed by atoms with Gasteiger partial charge in [-0.2, -0.15) is 11.8 Å². The van der Waals surface area contributed by atoms with Gasteiger partial charge in [-0.1, -0.05) is 6.08 Å². The number of hydrogen-bond acceptors (Lipinski definition) is 3. The quantitative estimate of drug-likeness (QED) is 0.647. The highest BCUT2D eigenvalue weighted by molar-refractivity contribution is 9.10. The molecule has 0 bridgehead atoms. The molecule has 3 nitrogen and oxygen atoms in total. The van der Waals surface area contributed by atoms with Crippen LogP contribution >= 0.6 is 27.7 Å². The van der Waals surface area contributed by atoms with Gasteiger partial charge >= 0.3 is 0 Å². The Morgan fingerprint density at radius 3 is 3.13 bits per heavy atom. The van der Waals surface area contributed by atoms with E-state index in [0.717, 1.165) is 11.5 Å². The lowest BCUT2D eigenvalue weighted by Gasteiger charge is -2.02. The third-order valence-corrected chi connectivity index (χ3v) is 3.21. The first-order valence-corrected chi connectivity index (χ1v) is 6.40. The van der Waals surface area contributed by atoms with Crippen LogP contribution in [0.4, 0.5) is 0 Å². The zero-order chi connectivity index (χ0) is 11.1. The van der Waals surface area contributed by atoms with E-state index in [-0.39, 0.29) is 5.91 Å². The Morgan fingerprint density at radius 1 is 1.73 bits per heavy atom. The molecule has 0 saturated heterocycles. The highest BCUT2D eigenvalue weighted by atomic mass is 79.9. The molecule has 0 spiro atoms. The van der Waals surface area contributed by atoms with E-state index < -0.39 is 0 Å². The SMILES string of the molecule is C=CCSCCNC(=O)c1ccoc1Br. The highest BCUT2D eigenvalue weighted by Gasteiger charge is 2.11. The number of thioether (sulfide) groups is 1. The molecule has 1 N–H and O–H groups in total. The van der Waals surface area contributed by atoms with Crippen LogP contribution in [0.3, 0.4) is 0 Å². The second-order valence-corrected chi connectivity index (χ2v) is 4.60. The van der Waals surface area contributed by atoms with Gasteiger partial charge in [0.05, 0.1) is 11.8 Å². The van der Waals surface area contributed by atoms with Gasteiger partial charge in [-0.25, -0.2) is 0 Å². The molecule has 0 aromatic carbocycles. The molecule has 0 aliphatic rings. The first-order chi connectivity index (χ1) is 7.25. The maximum absolute atomic E-state index is 11.5. The molecule has 82 valence electrons. The van der Waals surface area contributed by atoms with Crippen LogP contribution in [-0.2, 0) is 0 Å². The molecule has 0 aliphatic carbocycles. The monoisotopic (exact) mass is 289 g/mol. The van der Waals surface area contributed by atoms with Crippen LogP contribution in [0.1, 0.15) is 10.4 Å². The number of halogens is 1. The van der Waals surface area contributed by atoms with Crippen molar-refractivity contribution in [2.24, 2.45) is 0 Å². The maximum Gasteiger partial charge on any atom is 0.255 e. The van der Waals surface area contributed by atoms with Gasteiger partial charge in [0, 0.05) is 18.1 Å². The molecule has 0 aliphatic heterocycles. The predicted molar refractivity (Wildman–Crippen MR) is 66.3 cm³/mol. The van der Waals surface area contributed by atoms with Crippen molar-refractivity contribution in [2.75, 3.05) is 18.1 Å². The molecule has 1 rings (SSSR count). The highest BCUT2D eigenvalue weighted by Crippen LogP contribution is 2.16. The third-order valence-electron chi connectivity index (χ3n) is 1.63. The van der Waals surface area contributed by atoms with E-state index in [4.69, 9.17) is 4.42 Å². The van der Waals surface area contributed by atoms with Crippen molar-refractivity contribution in [2.45, 2.75) is 0 Å². The van der Waals surface area contributed by atoms with Crippen molar-refractivity contribution < 1.29 is 9.21 Å². The molecular formula is C10H12BrNO2S. The minimum absolute atomic E-state index is 0.116. The lowest BCUT2D eigenvalue weighted by Crippen LogP contribution is -2.25. The summed E-state index contributed by atoms with van der Waals surface area (Å²) in [4.78, 5) is 11.5. The number of carbonyl (C=O) groups excluding carboxylic acids is 1. The van der Waals surface area contributed by atoms with Crippen LogP contribution in [0.25, 0.3) is 0 Å². The van der Waals surface area contributed by atoms with Crippen molar-refractivity contribution in [1.29, 1.82) is 0 Å². The molecule has 0 unspecified atom stereocenters. The van der Waals surface area contributed by atoms with Crippen LogP contribution in [0, 0.1) is 0 Å². The first-order valence-electron chi connectivity index (χ1n) is 4.45. The van der Waals surface area contributed by atoms with Gasteiger partial charge in [-0.15, -0.1) is 6.58 Å². The fourth-order valence-corrected chi connectivity index (χ4v) is 1.95. The van der Waals surface area contributed by atoms with Gasteiger partial charge in [-0.3, -0.25) is 4.79 Å². The second kappa shape index (κ2) is 6.74. The second-order valence-electron chi connectivity index (χ2n) is 2.73. The summed E-state index contributed by atoms with van der Waals surface area (Å²) < 4.78 is 5.44. The van der Waals surface area contributed by atoms with Crippen LogP contribution in [0.5, 0.6) is 0 Å². The Bertz CT molecular complexity index is 338. The van der Waals surface area contributed by atoms with E-state index >= 15 is 0 Å². The van der Waals surface area contributed by atoms with Crippen LogP contribution in [0.15, 0.2) is 34.1 Å². The van der Waals surface area contributed by atoms with Crippen molar-refractivity contribution in [3.05, 3.63) is 35.2 Å². The molecule has 1 amide bonds. The Labute approximate surface area is 101 Å². The number of carbonyl (C=O) groups is 1. The van der Waals surface area contributed by atoms with Gasteiger partial charge in [0.1, 0.15) is 0 Å². The van der Waals surface area contributed by atoms with E-state index in [2.05, 4.69) is 27.8 Å². The van der Waals surface area contributed by atoms with Crippen molar-refractivity contribution in [3.8, 4) is 0 Å².